The normalized spacial score (nSPS) is 15.2. The third-order valence-corrected chi connectivity index (χ3v) is 5.23. The molecule has 6 N–H and O–H groups in total. The van der Waals surface area contributed by atoms with Gasteiger partial charge >= 0.3 is 5.97 Å². The summed E-state index contributed by atoms with van der Waals surface area (Å²) in [4.78, 5) is 48.2. The van der Waals surface area contributed by atoms with E-state index in [9.17, 15) is 24.3 Å². The van der Waals surface area contributed by atoms with Crippen LogP contribution in [0.2, 0.25) is 0 Å². The number of nitrogens with one attached hydrogen (secondary N) is 3. The van der Waals surface area contributed by atoms with Crippen molar-refractivity contribution in [2.75, 3.05) is 23.5 Å². The van der Waals surface area contributed by atoms with Gasteiger partial charge in [0.1, 0.15) is 18.1 Å². The Bertz CT molecular complexity index is 550. The Labute approximate surface area is 180 Å². The summed E-state index contributed by atoms with van der Waals surface area (Å²) >= 11 is 9.53. The van der Waals surface area contributed by atoms with E-state index in [0.717, 1.165) is 0 Å². The van der Waals surface area contributed by atoms with Crippen molar-refractivity contribution in [2.24, 2.45) is 11.7 Å². The maximum atomic E-state index is 12.6. The van der Waals surface area contributed by atoms with Gasteiger partial charge in [-0.1, -0.05) is 13.8 Å². The first-order valence-electron chi connectivity index (χ1n) is 8.69. The Morgan fingerprint density at radius 2 is 1.50 bits per heavy atom. The van der Waals surface area contributed by atoms with Crippen molar-refractivity contribution in [3.63, 3.8) is 0 Å². The molecule has 0 spiro atoms. The molecule has 4 unspecified atom stereocenters. The fraction of sp³-hybridized carbons (Fsp3) is 0.750. The van der Waals surface area contributed by atoms with E-state index < -0.39 is 47.9 Å². The highest BCUT2D eigenvalue weighted by Gasteiger charge is 2.30. The second kappa shape index (κ2) is 14.0. The van der Waals surface area contributed by atoms with E-state index in [0.29, 0.717) is 12.2 Å². The minimum atomic E-state index is -1.17. The van der Waals surface area contributed by atoms with E-state index in [1.165, 1.54) is 11.8 Å². The van der Waals surface area contributed by atoms with Crippen LogP contribution in [-0.4, -0.2) is 76.5 Å². The van der Waals surface area contributed by atoms with Crippen LogP contribution in [0, 0.1) is 5.92 Å². The minimum absolute atomic E-state index is 0.0403. The predicted octanol–water partition coefficient (Wildman–Crippen LogP) is -0.879. The van der Waals surface area contributed by atoms with Gasteiger partial charge in [0.15, 0.2) is 0 Å². The van der Waals surface area contributed by atoms with Crippen molar-refractivity contribution in [1.29, 1.82) is 0 Å². The van der Waals surface area contributed by atoms with Gasteiger partial charge in [0.25, 0.3) is 0 Å². The molecular formula is C16H30N4O5S3. The van der Waals surface area contributed by atoms with Crippen molar-refractivity contribution in [3.8, 4) is 0 Å². The van der Waals surface area contributed by atoms with E-state index in [1.54, 1.807) is 13.8 Å². The smallest absolute Gasteiger partial charge is 0.326 e. The molecule has 162 valence electrons. The molecule has 0 radical (unpaired) electrons. The van der Waals surface area contributed by atoms with Gasteiger partial charge in [-0.15, -0.1) is 0 Å². The molecule has 0 fully saturated rings. The molecule has 0 aromatic rings. The number of carbonyl (C=O) groups is 4. The largest absolute Gasteiger partial charge is 0.480 e. The van der Waals surface area contributed by atoms with Gasteiger partial charge < -0.3 is 26.8 Å². The van der Waals surface area contributed by atoms with Gasteiger partial charge in [-0.25, -0.2) is 4.79 Å². The van der Waals surface area contributed by atoms with Crippen molar-refractivity contribution in [3.05, 3.63) is 0 Å². The van der Waals surface area contributed by atoms with Gasteiger partial charge in [0.2, 0.25) is 17.7 Å². The number of rotatable bonds is 13. The molecule has 3 amide bonds. The Kier molecular flexibility index (Phi) is 13.4. The van der Waals surface area contributed by atoms with Crippen LogP contribution in [0.25, 0.3) is 0 Å². The summed E-state index contributed by atoms with van der Waals surface area (Å²) in [5.74, 6) is -2.58. The lowest BCUT2D eigenvalue weighted by atomic mass is 10.0. The zero-order valence-electron chi connectivity index (χ0n) is 16.2. The van der Waals surface area contributed by atoms with Crippen molar-refractivity contribution in [1.82, 2.24) is 16.0 Å². The van der Waals surface area contributed by atoms with E-state index in [2.05, 4.69) is 41.2 Å². The molecule has 0 rings (SSSR count). The first-order valence-corrected chi connectivity index (χ1v) is 11.3. The third-order valence-electron chi connectivity index (χ3n) is 3.82. The van der Waals surface area contributed by atoms with Crippen molar-refractivity contribution < 1.29 is 24.3 Å². The Balaban J connectivity index is 5.13. The molecule has 0 saturated heterocycles. The zero-order chi connectivity index (χ0) is 21.9. The Morgan fingerprint density at radius 1 is 0.964 bits per heavy atom. The molecule has 0 bridgehead atoms. The second-order valence-electron chi connectivity index (χ2n) is 6.44. The van der Waals surface area contributed by atoms with E-state index in [-0.39, 0.29) is 17.4 Å². The molecule has 4 atom stereocenters. The molecule has 9 nitrogen and oxygen atoms in total. The lowest BCUT2D eigenvalue weighted by Gasteiger charge is -2.25. The Morgan fingerprint density at radius 3 is 1.93 bits per heavy atom. The van der Waals surface area contributed by atoms with Gasteiger partial charge in [0.05, 0.1) is 6.04 Å². The third kappa shape index (κ3) is 9.39. The summed E-state index contributed by atoms with van der Waals surface area (Å²) in [6.07, 6.45) is 2.20. The van der Waals surface area contributed by atoms with Crippen LogP contribution < -0.4 is 21.7 Å². The van der Waals surface area contributed by atoms with Gasteiger partial charge in [-0.3, -0.25) is 14.4 Å². The quantitative estimate of drug-likeness (QED) is 0.179. The van der Waals surface area contributed by atoms with Gasteiger partial charge in [0, 0.05) is 11.5 Å². The predicted molar refractivity (Wildman–Crippen MR) is 117 cm³/mol. The minimum Gasteiger partial charge on any atom is -0.480 e. The number of carbonyl (C=O) groups excluding carboxylic acids is 3. The molecule has 28 heavy (non-hydrogen) atoms. The molecule has 0 aliphatic carbocycles. The summed E-state index contributed by atoms with van der Waals surface area (Å²) in [7, 11) is 0. The summed E-state index contributed by atoms with van der Waals surface area (Å²) in [5, 5.41) is 16.7. The first-order chi connectivity index (χ1) is 13.1. The molecule has 0 aromatic heterocycles. The zero-order valence-corrected chi connectivity index (χ0v) is 18.8. The van der Waals surface area contributed by atoms with Crippen LogP contribution in [0.15, 0.2) is 0 Å². The second-order valence-corrected chi connectivity index (χ2v) is 8.16. The highest BCUT2D eigenvalue weighted by atomic mass is 32.2. The average molecular weight is 455 g/mol. The number of thiol groups is 2. The molecule has 0 saturated carbocycles. The number of aliphatic carboxylic acids is 1. The average Bonchev–Trinajstić information content (AvgIpc) is 2.65. The summed E-state index contributed by atoms with van der Waals surface area (Å²) in [6.45, 7) is 3.32. The monoisotopic (exact) mass is 454 g/mol. The van der Waals surface area contributed by atoms with Crippen LogP contribution in [0.1, 0.15) is 20.3 Å². The molecule has 0 aliphatic rings. The number of nitrogens with two attached hydrogens (primary N) is 1. The summed E-state index contributed by atoms with van der Waals surface area (Å²) < 4.78 is 0. The van der Waals surface area contributed by atoms with Crippen molar-refractivity contribution >= 4 is 60.7 Å². The van der Waals surface area contributed by atoms with Crippen LogP contribution in [0.5, 0.6) is 0 Å². The standard InChI is InChI=1S/C16H30N4O5S3/c1-8(2)12(16(24)25)20-15(23)11(7-27)19-14(22)10(4-5-28-3)18-13(21)9(17)6-26/h8-12,26-27H,4-7,17H2,1-3H3,(H,18,21)(H,19,22)(H,20,23)(H,24,25). The van der Waals surface area contributed by atoms with Gasteiger partial charge in [-0.05, 0) is 24.3 Å². The number of hydrogen-bond donors (Lipinski definition) is 7. The van der Waals surface area contributed by atoms with E-state index in [1.807, 2.05) is 6.26 Å². The number of thioether (sulfide) groups is 1. The lowest BCUT2D eigenvalue weighted by Crippen LogP contribution is -2.58. The molecule has 12 heteroatoms. The maximum Gasteiger partial charge on any atom is 0.326 e. The fourth-order valence-electron chi connectivity index (χ4n) is 2.10. The van der Waals surface area contributed by atoms with Gasteiger partial charge in [-0.2, -0.15) is 37.0 Å². The van der Waals surface area contributed by atoms with E-state index >= 15 is 0 Å². The highest BCUT2D eigenvalue weighted by molar-refractivity contribution is 7.98. The van der Waals surface area contributed by atoms with Crippen LogP contribution >= 0.6 is 37.0 Å². The topological polar surface area (TPSA) is 151 Å². The van der Waals surface area contributed by atoms with E-state index in [4.69, 9.17) is 5.73 Å². The van der Waals surface area contributed by atoms with Crippen LogP contribution in [-0.2, 0) is 19.2 Å². The Hall–Kier alpha value is -1.11. The molecule has 0 aliphatic heterocycles. The van der Waals surface area contributed by atoms with Crippen LogP contribution in [0.3, 0.4) is 0 Å². The number of carboxylic acids is 1. The maximum absolute atomic E-state index is 12.6. The fourth-order valence-corrected chi connectivity index (χ4v) is 2.99. The number of carboxylic acid groups (broad SMARTS) is 1. The SMILES string of the molecule is CSCCC(NC(=O)C(N)CS)C(=O)NC(CS)C(=O)NC(C(=O)O)C(C)C. The molecule has 0 heterocycles. The van der Waals surface area contributed by atoms with Crippen molar-refractivity contribution in [2.45, 2.75) is 44.4 Å². The first kappa shape index (κ1) is 26.9. The van der Waals surface area contributed by atoms with Crippen LogP contribution in [0.4, 0.5) is 0 Å². The summed E-state index contributed by atoms with van der Waals surface area (Å²) in [6, 6.07) is -3.89. The lowest BCUT2D eigenvalue weighted by molar-refractivity contribution is -0.143. The molecular weight excluding hydrogens is 424 g/mol. The number of hydrogen-bond acceptors (Lipinski definition) is 8. The highest BCUT2D eigenvalue weighted by Crippen LogP contribution is 2.05. The summed E-state index contributed by atoms with van der Waals surface area (Å²) in [5.41, 5.74) is 5.62. The molecule has 0 aromatic carbocycles. The number of amides is 3.